The van der Waals surface area contributed by atoms with Crippen LogP contribution in [0.15, 0.2) is 12.3 Å². The van der Waals surface area contributed by atoms with E-state index in [1.54, 1.807) is 0 Å². The Labute approximate surface area is 116 Å². The molecule has 20 heavy (non-hydrogen) atoms. The van der Waals surface area contributed by atoms with Crippen molar-refractivity contribution in [1.82, 2.24) is 20.1 Å². The van der Waals surface area contributed by atoms with Gasteiger partial charge >= 0.3 is 0 Å². The number of likely N-dealkylation sites (N-methyl/N-ethyl adjacent to an activating group) is 1. The SMILES string of the molecule is CN1CCN(CCNC(=O)c2ccnc(F)c2F)CC1. The lowest BCUT2D eigenvalue weighted by Gasteiger charge is -2.32. The van der Waals surface area contributed by atoms with E-state index in [1.165, 1.54) is 6.07 Å². The monoisotopic (exact) mass is 284 g/mol. The lowest BCUT2D eigenvalue weighted by molar-refractivity contribution is 0.0935. The fourth-order valence-corrected chi connectivity index (χ4v) is 2.09. The third-order valence-electron chi connectivity index (χ3n) is 3.40. The average molecular weight is 284 g/mol. The molecular weight excluding hydrogens is 266 g/mol. The van der Waals surface area contributed by atoms with E-state index in [4.69, 9.17) is 0 Å². The molecule has 0 bridgehead atoms. The Morgan fingerprint density at radius 2 is 2.05 bits per heavy atom. The minimum absolute atomic E-state index is 0.309. The van der Waals surface area contributed by atoms with Crippen molar-refractivity contribution in [3.63, 3.8) is 0 Å². The Morgan fingerprint density at radius 1 is 1.35 bits per heavy atom. The van der Waals surface area contributed by atoms with Crippen LogP contribution in [0.25, 0.3) is 0 Å². The van der Waals surface area contributed by atoms with Crippen LogP contribution >= 0.6 is 0 Å². The third kappa shape index (κ3) is 3.71. The molecule has 110 valence electrons. The summed E-state index contributed by atoms with van der Waals surface area (Å²) in [5, 5.41) is 2.60. The van der Waals surface area contributed by atoms with E-state index in [1.807, 2.05) is 0 Å². The fourth-order valence-electron chi connectivity index (χ4n) is 2.09. The molecule has 7 heteroatoms. The molecule has 5 nitrogen and oxygen atoms in total. The smallest absolute Gasteiger partial charge is 0.254 e. The highest BCUT2D eigenvalue weighted by Crippen LogP contribution is 2.08. The highest BCUT2D eigenvalue weighted by Gasteiger charge is 2.17. The minimum Gasteiger partial charge on any atom is -0.351 e. The van der Waals surface area contributed by atoms with Crippen LogP contribution in [0.4, 0.5) is 8.78 Å². The first kappa shape index (κ1) is 14.8. The number of halogens is 2. The number of piperazine rings is 1. The van der Waals surface area contributed by atoms with Crippen molar-refractivity contribution in [2.24, 2.45) is 0 Å². The molecule has 1 aromatic rings. The van der Waals surface area contributed by atoms with Crippen LogP contribution in [0.3, 0.4) is 0 Å². The van der Waals surface area contributed by atoms with Gasteiger partial charge in [-0.25, -0.2) is 9.37 Å². The number of amides is 1. The van der Waals surface area contributed by atoms with Crippen molar-refractivity contribution < 1.29 is 13.6 Å². The van der Waals surface area contributed by atoms with Gasteiger partial charge < -0.3 is 10.2 Å². The molecule has 0 saturated carbocycles. The van der Waals surface area contributed by atoms with Gasteiger partial charge in [0.25, 0.3) is 5.91 Å². The van der Waals surface area contributed by atoms with E-state index < -0.39 is 17.7 Å². The predicted molar refractivity (Wildman–Crippen MR) is 70.4 cm³/mol. The predicted octanol–water partition coefficient (Wildman–Crippen LogP) is 0.337. The van der Waals surface area contributed by atoms with Crippen molar-refractivity contribution in [2.75, 3.05) is 46.3 Å². The molecule has 2 heterocycles. The first-order valence-corrected chi connectivity index (χ1v) is 6.57. The second-order valence-electron chi connectivity index (χ2n) is 4.86. The highest BCUT2D eigenvalue weighted by atomic mass is 19.2. The number of hydrogen-bond donors (Lipinski definition) is 1. The number of rotatable bonds is 4. The molecule has 0 unspecified atom stereocenters. The van der Waals surface area contributed by atoms with Gasteiger partial charge in [-0.05, 0) is 13.1 Å². The molecular formula is C13H18F2N4O. The van der Waals surface area contributed by atoms with E-state index in [-0.39, 0.29) is 5.56 Å². The summed E-state index contributed by atoms with van der Waals surface area (Å²) in [7, 11) is 2.07. The van der Waals surface area contributed by atoms with Gasteiger partial charge in [0, 0.05) is 45.5 Å². The van der Waals surface area contributed by atoms with Crippen molar-refractivity contribution in [3.8, 4) is 0 Å². The standard InChI is InChI=1S/C13H18F2N4O/c1-18-6-8-19(9-7-18)5-4-17-13(20)10-2-3-16-12(15)11(10)14/h2-3H,4-9H2,1H3,(H,17,20). The summed E-state index contributed by atoms with van der Waals surface area (Å²) in [5.41, 5.74) is -0.309. The molecule has 1 amide bonds. The minimum atomic E-state index is -1.25. The van der Waals surface area contributed by atoms with Crippen LogP contribution < -0.4 is 5.32 Å². The molecule has 1 N–H and O–H groups in total. The van der Waals surface area contributed by atoms with Gasteiger partial charge in [-0.3, -0.25) is 9.69 Å². The van der Waals surface area contributed by atoms with E-state index >= 15 is 0 Å². The second-order valence-corrected chi connectivity index (χ2v) is 4.86. The number of nitrogens with one attached hydrogen (secondary N) is 1. The zero-order chi connectivity index (χ0) is 14.5. The van der Waals surface area contributed by atoms with Crippen molar-refractivity contribution in [1.29, 1.82) is 0 Å². The number of carbonyl (C=O) groups is 1. The number of pyridine rings is 1. The summed E-state index contributed by atoms with van der Waals surface area (Å²) < 4.78 is 26.3. The first-order valence-electron chi connectivity index (χ1n) is 6.57. The van der Waals surface area contributed by atoms with Crippen molar-refractivity contribution in [2.45, 2.75) is 0 Å². The van der Waals surface area contributed by atoms with E-state index in [2.05, 4.69) is 27.1 Å². The Hall–Kier alpha value is -1.60. The maximum absolute atomic E-state index is 13.4. The van der Waals surface area contributed by atoms with Gasteiger partial charge in [0.15, 0.2) is 5.82 Å². The summed E-state index contributed by atoms with van der Waals surface area (Å²) in [5.74, 6) is -3.07. The maximum atomic E-state index is 13.4. The Kier molecular flexibility index (Phi) is 4.97. The Morgan fingerprint density at radius 3 is 2.75 bits per heavy atom. The third-order valence-corrected chi connectivity index (χ3v) is 3.40. The summed E-state index contributed by atoms with van der Waals surface area (Å²) in [4.78, 5) is 19.4. The second kappa shape index (κ2) is 6.71. The molecule has 0 aromatic carbocycles. The maximum Gasteiger partial charge on any atom is 0.254 e. The summed E-state index contributed by atoms with van der Waals surface area (Å²) in [6.45, 7) is 5.01. The van der Waals surface area contributed by atoms with Gasteiger partial charge in [0.1, 0.15) is 0 Å². The lowest BCUT2D eigenvalue weighted by Crippen LogP contribution is -2.46. The molecule has 2 rings (SSSR count). The Bertz CT molecular complexity index is 475. The van der Waals surface area contributed by atoms with Gasteiger partial charge in [0.05, 0.1) is 5.56 Å². The quantitative estimate of drug-likeness (QED) is 0.810. The van der Waals surface area contributed by atoms with E-state index in [9.17, 15) is 13.6 Å². The summed E-state index contributed by atoms with van der Waals surface area (Å²) in [6, 6.07) is 1.17. The summed E-state index contributed by atoms with van der Waals surface area (Å²) in [6.07, 6.45) is 1.08. The average Bonchev–Trinajstić information content (AvgIpc) is 2.44. The van der Waals surface area contributed by atoms with Crippen LogP contribution in [0.2, 0.25) is 0 Å². The number of aromatic nitrogens is 1. The number of carbonyl (C=O) groups excluding carboxylic acids is 1. The molecule has 1 aliphatic heterocycles. The van der Waals surface area contributed by atoms with E-state index in [0.717, 1.165) is 32.4 Å². The number of nitrogens with zero attached hydrogens (tertiary/aromatic N) is 3. The molecule has 1 aromatic heterocycles. The molecule has 0 spiro atoms. The van der Waals surface area contributed by atoms with Crippen LogP contribution in [-0.2, 0) is 0 Å². The lowest BCUT2D eigenvalue weighted by atomic mass is 10.2. The molecule has 0 radical (unpaired) electrons. The van der Waals surface area contributed by atoms with Gasteiger partial charge in [-0.15, -0.1) is 0 Å². The molecule has 0 atom stereocenters. The van der Waals surface area contributed by atoms with Gasteiger partial charge in [0.2, 0.25) is 5.95 Å². The topological polar surface area (TPSA) is 48.5 Å². The van der Waals surface area contributed by atoms with Crippen LogP contribution in [0.1, 0.15) is 10.4 Å². The number of hydrogen-bond acceptors (Lipinski definition) is 4. The molecule has 0 aliphatic carbocycles. The first-order chi connectivity index (χ1) is 9.58. The van der Waals surface area contributed by atoms with Crippen molar-refractivity contribution >= 4 is 5.91 Å². The molecule has 1 fully saturated rings. The van der Waals surface area contributed by atoms with E-state index in [0.29, 0.717) is 13.1 Å². The zero-order valence-electron chi connectivity index (χ0n) is 11.4. The summed E-state index contributed by atoms with van der Waals surface area (Å²) >= 11 is 0. The normalized spacial score (nSPS) is 17.1. The van der Waals surface area contributed by atoms with Crippen LogP contribution in [-0.4, -0.2) is 67.0 Å². The molecule has 1 aliphatic rings. The van der Waals surface area contributed by atoms with Crippen LogP contribution in [0.5, 0.6) is 0 Å². The molecule has 1 saturated heterocycles. The van der Waals surface area contributed by atoms with Gasteiger partial charge in [-0.1, -0.05) is 0 Å². The largest absolute Gasteiger partial charge is 0.351 e. The van der Waals surface area contributed by atoms with Crippen molar-refractivity contribution in [3.05, 3.63) is 29.6 Å². The fraction of sp³-hybridized carbons (Fsp3) is 0.538. The van der Waals surface area contributed by atoms with Gasteiger partial charge in [-0.2, -0.15) is 4.39 Å². The highest BCUT2D eigenvalue weighted by molar-refractivity contribution is 5.94. The Balaban J connectivity index is 1.79. The van der Waals surface area contributed by atoms with Crippen LogP contribution in [0, 0.1) is 11.8 Å². The zero-order valence-corrected chi connectivity index (χ0v) is 11.4.